The van der Waals surface area contributed by atoms with E-state index in [1.165, 1.54) is 4.31 Å². The number of rotatable bonds is 4. The number of ether oxygens (including phenoxy) is 1. The first-order valence-electron chi connectivity index (χ1n) is 7.97. The average molecular weight is 341 g/mol. The molecule has 0 aromatic heterocycles. The van der Waals surface area contributed by atoms with Gasteiger partial charge in [0.2, 0.25) is 10.0 Å². The van der Waals surface area contributed by atoms with Crippen molar-refractivity contribution in [2.24, 2.45) is 0 Å². The fraction of sp³-hybridized carbons (Fsp3) is 0.647. The summed E-state index contributed by atoms with van der Waals surface area (Å²) in [4.78, 5) is 0.270. The number of methoxy groups -OCH3 is 1. The zero-order valence-corrected chi connectivity index (χ0v) is 15.2. The van der Waals surface area contributed by atoms with E-state index in [4.69, 9.17) is 4.74 Å². The van der Waals surface area contributed by atoms with Gasteiger partial charge in [-0.25, -0.2) is 8.42 Å². The quantitative estimate of drug-likeness (QED) is 0.914. The Labute approximate surface area is 139 Å². The Morgan fingerprint density at radius 3 is 2.30 bits per heavy atom. The van der Waals surface area contributed by atoms with Gasteiger partial charge in [-0.2, -0.15) is 4.31 Å². The molecule has 23 heavy (non-hydrogen) atoms. The fourth-order valence-corrected chi connectivity index (χ4v) is 4.33. The molecule has 1 aliphatic rings. The second-order valence-electron chi connectivity index (χ2n) is 7.00. The van der Waals surface area contributed by atoms with Crippen LogP contribution in [0.5, 0.6) is 0 Å². The summed E-state index contributed by atoms with van der Waals surface area (Å²) < 4.78 is 32.7. The standard InChI is InChI=1S/C17H27NO4S/c1-16(2,19)14-6-8-15(9-7-14)23(20,21)18-12-5-10-17(3,22-4)11-13-18/h6-9,19H,5,10-13H2,1-4H3. The number of hydrogen-bond donors (Lipinski definition) is 1. The van der Waals surface area contributed by atoms with E-state index in [0.29, 0.717) is 25.1 Å². The highest BCUT2D eigenvalue weighted by Crippen LogP contribution is 2.29. The van der Waals surface area contributed by atoms with Gasteiger partial charge in [0.1, 0.15) is 0 Å². The van der Waals surface area contributed by atoms with Crippen molar-refractivity contribution in [3.05, 3.63) is 29.8 Å². The van der Waals surface area contributed by atoms with E-state index in [-0.39, 0.29) is 10.5 Å². The van der Waals surface area contributed by atoms with Crippen LogP contribution in [0.4, 0.5) is 0 Å². The summed E-state index contributed by atoms with van der Waals surface area (Å²) in [5, 5.41) is 9.98. The van der Waals surface area contributed by atoms with E-state index in [1.807, 2.05) is 6.92 Å². The van der Waals surface area contributed by atoms with E-state index in [0.717, 1.165) is 12.8 Å². The Hall–Kier alpha value is -0.950. The van der Waals surface area contributed by atoms with Crippen LogP contribution in [0.2, 0.25) is 0 Å². The monoisotopic (exact) mass is 341 g/mol. The van der Waals surface area contributed by atoms with E-state index in [9.17, 15) is 13.5 Å². The summed E-state index contributed by atoms with van der Waals surface area (Å²) in [5.74, 6) is 0. The number of sulfonamides is 1. The molecule has 0 amide bonds. The first-order chi connectivity index (χ1) is 10.6. The molecule has 0 spiro atoms. The fourth-order valence-electron chi connectivity index (χ4n) is 2.86. The Balaban J connectivity index is 2.21. The molecule has 1 fully saturated rings. The van der Waals surface area contributed by atoms with Crippen LogP contribution in [0.3, 0.4) is 0 Å². The molecule has 0 radical (unpaired) electrons. The van der Waals surface area contributed by atoms with Crippen LogP contribution in [-0.4, -0.2) is 43.6 Å². The summed E-state index contributed by atoms with van der Waals surface area (Å²) in [6.07, 6.45) is 2.32. The highest BCUT2D eigenvalue weighted by atomic mass is 32.2. The number of benzene rings is 1. The molecule has 5 nitrogen and oxygen atoms in total. The molecular formula is C17H27NO4S. The highest BCUT2D eigenvalue weighted by molar-refractivity contribution is 7.89. The molecule has 1 aromatic carbocycles. The molecule has 0 aliphatic carbocycles. The Kier molecular flexibility index (Phi) is 5.21. The van der Waals surface area contributed by atoms with Crippen molar-refractivity contribution < 1.29 is 18.3 Å². The molecule has 1 heterocycles. The van der Waals surface area contributed by atoms with Crippen LogP contribution < -0.4 is 0 Å². The van der Waals surface area contributed by atoms with Crippen molar-refractivity contribution >= 4 is 10.0 Å². The van der Waals surface area contributed by atoms with Crippen LogP contribution in [-0.2, 0) is 20.4 Å². The molecule has 0 bridgehead atoms. The average Bonchev–Trinajstić information content (AvgIpc) is 2.69. The number of aliphatic hydroxyl groups is 1. The summed E-state index contributed by atoms with van der Waals surface area (Å²) >= 11 is 0. The van der Waals surface area contributed by atoms with Crippen molar-refractivity contribution in [2.75, 3.05) is 20.2 Å². The first-order valence-corrected chi connectivity index (χ1v) is 9.41. The zero-order chi connectivity index (χ0) is 17.3. The van der Waals surface area contributed by atoms with Gasteiger partial charge in [-0.05, 0) is 57.7 Å². The molecule has 0 saturated carbocycles. The molecule has 1 atom stereocenters. The second-order valence-corrected chi connectivity index (χ2v) is 8.93. The van der Waals surface area contributed by atoms with Gasteiger partial charge in [0.15, 0.2) is 0 Å². The molecule has 1 saturated heterocycles. The van der Waals surface area contributed by atoms with Crippen LogP contribution >= 0.6 is 0 Å². The lowest BCUT2D eigenvalue weighted by atomic mass is 9.97. The van der Waals surface area contributed by atoms with Gasteiger partial charge in [-0.3, -0.25) is 0 Å². The molecular weight excluding hydrogens is 314 g/mol. The van der Waals surface area contributed by atoms with Gasteiger partial charge in [-0.15, -0.1) is 0 Å². The molecule has 6 heteroatoms. The predicted molar refractivity (Wildman–Crippen MR) is 89.7 cm³/mol. The maximum atomic E-state index is 12.8. The van der Waals surface area contributed by atoms with Gasteiger partial charge in [0.25, 0.3) is 0 Å². The van der Waals surface area contributed by atoms with Crippen molar-refractivity contribution in [2.45, 2.75) is 56.1 Å². The van der Waals surface area contributed by atoms with E-state index in [1.54, 1.807) is 45.2 Å². The molecule has 130 valence electrons. The highest BCUT2D eigenvalue weighted by Gasteiger charge is 2.33. The molecule has 1 aromatic rings. The van der Waals surface area contributed by atoms with Gasteiger partial charge in [0.05, 0.1) is 16.1 Å². The molecule has 1 unspecified atom stereocenters. The maximum absolute atomic E-state index is 12.8. The largest absolute Gasteiger partial charge is 0.386 e. The van der Waals surface area contributed by atoms with E-state index < -0.39 is 15.6 Å². The molecule has 1 aliphatic heterocycles. The zero-order valence-electron chi connectivity index (χ0n) is 14.4. The SMILES string of the molecule is COC1(C)CCCN(S(=O)(=O)c2ccc(C(C)(C)O)cc2)CC1. The lowest BCUT2D eigenvalue weighted by Gasteiger charge is -2.26. The van der Waals surface area contributed by atoms with Crippen molar-refractivity contribution in [1.82, 2.24) is 4.31 Å². The Morgan fingerprint density at radius 2 is 1.78 bits per heavy atom. The smallest absolute Gasteiger partial charge is 0.243 e. The predicted octanol–water partition coefficient (Wildman–Crippen LogP) is 2.49. The third-order valence-electron chi connectivity index (χ3n) is 4.69. The third kappa shape index (κ3) is 4.12. The van der Waals surface area contributed by atoms with E-state index >= 15 is 0 Å². The van der Waals surface area contributed by atoms with Crippen molar-refractivity contribution in [1.29, 1.82) is 0 Å². The lowest BCUT2D eigenvalue weighted by molar-refractivity contribution is -0.00452. The first kappa shape index (κ1) is 18.4. The third-order valence-corrected chi connectivity index (χ3v) is 6.61. The van der Waals surface area contributed by atoms with Crippen LogP contribution in [0.25, 0.3) is 0 Å². The molecule has 1 N–H and O–H groups in total. The summed E-state index contributed by atoms with van der Waals surface area (Å²) in [7, 11) is -1.83. The van der Waals surface area contributed by atoms with Crippen LogP contribution in [0, 0.1) is 0 Å². The van der Waals surface area contributed by atoms with Gasteiger partial charge < -0.3 is 9.84 Å². The second kappa shape index (κ2) is 6.51. The van der Waals surface area contributed by atoms with Crippen molar-refractivity contribution in [3.63, 3.8) is 0 Å². The number of hydrogen-bond acceptors (Lipinski definition) is 4. The Morgan fingerprint density at radius 1 is 1.17 bits per heavy atom. The topological polar surface area (TPSA) is 66.8 Å². The summed E-state index contributed by atoms with van der Waals surface area (Å²) in [5.41, 5.74) is -0.542. The minimum atomic E-state index is -3.51. The summed E-state index contributed by atoms with van der Waals surface area (Å²) in [6, 6.07) is 6.49. The minimum Gasteiger partial charge on any atom is -0.386 e. The Bertz CT molecular complexity index is 634. The van der Waals surface area contributed by atoms with Gasteiger partial charge >= 0.3 is 0 Å². The minimum absolute atomic E-state index is 0.255. The van der Waals surface area contributed by atoms with Crippen LogP contribution in [0.1, 0.15) is 45.6 Å². The van der Waals surface area contributed by atoms with Gasteiger partial charge in [-0.1, -0.05) is 12.1 Å². The lowest BCUT2D eigenvalue weighted by Crippen LogP contribution is -2.34. The normalized spacial score (nSPS) is 24.4. The van der Waals surface area contributed by atoms with Crippen LogP contribution in [0.15, 0.2) is 29.2 Å². The maximum Gasteiger partial charge on any atom is 0.243 e. The number of nitrogens with zero attached hydrogens (tertiary/aromatic N) is 1. The molecule has 2 rings (SSSR count). The van der Waals surface area contributed by atoms with Gasteiger partial charge in [0, 0.05) is 20.2 Å². The summed E-state index contributed by atoms with van der Waals surface area (Å²) in [6.45, 7) is 6.35. The van der Waals surface area contributed by atoms with Crippen molar-refractivity contribution in [3.8, 4) is 0 Å². The van der Waals surface area contributed by atoms with E-state index in [2.05, 4.69) is 0 Å².